The van der Waals surface area contributed by atoms with Crippen molar-refractivity contribution >= 4 is 16.7 Å². The first-order valence-electron chi connectivity index (χ1n) is 10.6. The Morgan fingerprint density at radius 1 is 1.00 bits per heavy atom. The molecule has 1 aliphatic heterocycles. The predicted octanol–water partition coefficient (Wildman–Crippen LogP) is 3.65. The first kappa shape index (κ1) is 21.0. The Kier molecular flexibility index (Phi) is 5.98. The fraction of sp³-hybridized carbons (Fsp3) is 0.360. The van der Waals surface area contributed by atoms with Gasteiger partial charge in [-0.1, -0.05) is 30.3 Å². The molecule has 3 aromatic rings. The number of fused-ring (bicyclic) bond motifs is 1. The Morgan fingerprint density at radius 2 is 1.61 bits per heavy atom. The van der Waals surface area contributed by atoms with Crippen molar-refractivity contribution in [1.29, 1.82) is 0 Å². The zero-order chi connectivity index (χ0) is 22.0. The number of hydrogen-bond donors (Lipinski definition) is 0. The second-order valence-corrected chi connectivity index (χ2v) is 8.14. The van der Waals surface area contributed by atoms with Crippen molar-refractivity contribution < 1.29 is 14.3 Å². The van der Waals surface area contributed by atoms with Crippen LogP contribution in [0.3, 0.4) is 0 Å². The van der Waals surface area contributed by atoms with Crippen LogP contribution in [0.2, 0.25) is 0 Å². The van der Waals surface area contributed by atoms with Gasteiger partial charge in [0.25, 0.3) is 11.5 Å². The van der Waals surface area contributed by atoms with E-state index in [1.165, 1.54) is 17.2 Å². The van der Waals surface area contributed by atoms with Gasteiger partial charge in [-0.05, 0) is 42.9 Å². The van der Waals surface area contributed by atoms with Crippen LogP contribution in [0.4, 0.5) is 0 Å². The molecule has 1 aliphatic rings. The van der Waals surface area contributed by atoms with Gasteiger partial charge >= 0.3 is 0 Å². The normalized spacial score (nSPS) is 14.6. The second-order valence-electron chi connectivity index (χ2n) is 8.14. The molecule has 0 bridgehead atoms. The van der Waals surface area contributed by atoms with E-state index in [4.69, 9.17) is 9.47 Å². The summed E-state index contributed by atoms with van der Waals surface area (Å²) < 4.78 is 12.2. The predicted molar refractivity (Wildman–Crippen MR) is 121 cm³/mol. The van der Waals surface area contributed by atoms with Gasteiger partial charge in [0, 0.05) is 31.7 Å². The molecule has 0 unspecified atom stereocenters. The summed E-state index contributed by atoms with van der Waals surface area (Å²) in [6.07, 6.45) is 4.63. The summed E-state index contributed by atoms with van der Waals surface area (Å²) in [7, 11) is 4.74. The summed E-state index contributed by atoms with van der Waals surface area (Å²) in [5.74, 6) is 1.50. The van der Waals surface area contributed by atoms with Gasteiger partial charge in [-0.25, -0.2) is 0 Å². The van der Waals surface area contributed by atoms with Crippen LogP contribution in [0, 0.1) is 5.92 Å². The third kappa shape index (κ3) is 4.15. The van der Waals surface area contributed by atoms with Gasteiger partial charge in [-0.15, -0.1) is 0 Å². The molecule has 1 fully saturated rings. The maximum atomic E-state index is 13.4. The zero-order valence-electron chi connectivity index (χ0n) is 18.3. The van der Waals surface area contributed by atoms with Crippen molar-refractivity contribution in [3.63, 3.8) is 0 Å². The largest absolute Gasteiger partial charge is 0.493 e. The number of carbonyl (C=O) groups excluding carboxylic acids is 1. The van der Waals surface area contributed by atoms with E-state index in [0.717, 1.165) is 19.3 Å². The fourth-order valence-electron chi connectivity index (χ4n) is 4.42. The molecule has 2 aromatic carbocycles. The van der Waals surface area contributed by atoms with Crippen molar-refractivity contribution in [3.05, 3.63) is 70.1 Å². The van der Waals surface area contributed by atoms with Crippen LogP contribution in [-0.2, 0) is 13.5 Å². The van der Waals surface area contributed by atoms with Gasteiger partial charge in [0.1, 0.15) is 0 Å². The SMILES string of the molecule is COc1cc2c(C(=O)N3CCC(Cc4ccccc4)CC3)cn(C)c(=O)c2cc1OC. The summed E-state index contributed by atoms with van der Waals surface area (Å²) in [4.78, 5) is 28.0. The molecule has 4 rings (SSSR count). The number of methoxy groups -OCH3 is 2. The summed E-state index contributed by atoms with van der Waals surface area (Å²) in [5.41, 5.74) is 1.69. The van der Waals surface area contributed by atoms with Crippen LogP contribution in [0.5, 0.6) is 11.5 Å². The van der Waals surface area contributed by atoms with Crippen molar-refractivity contribution in [2.75, 3.05) is 27.3 Å². The highest BCUT2D eigenvalue weighted by atomic mass is 16.5. The number of likely N-dealkylation sites (tertiary alicyclic amines) is 1. The molecular weight excluding hydrogens is 392 g/mol. The quantitative estimate of drug-likeness (QED) is 0.632. The van der Waals surface area contributed by atoms with Gasteiger partial charge in [0.2, 0.25) is 0 Å². The highest BCUT2D eigenvalue weighted by Crippen LogP contribution is 2.33. The van der Waals surface area contributed by atoms with Crippen molar-refractivity contribution in [2.45, 2.75) is 19.3 Å². The zero-order valence-corrected chi connectivity index (χ0v) is 18.3. The Morgan fingerprint density at radius 3 is 2.23 bits per heavy atom. The monoisotopic (exact) mass is 420 g/mol. The molecular formula is C25H28N2O4. The van der Waals surface area contributed by atoms with Crippen LogP contribution >= 0.6 is 0 Å². The highest BCUT2D eigenvalue weighted by molar-refractivity contribution is 6.07. The van der Waals surface area contributed by atoms with Crippen LogP contribution < -0.4 is 15.0 Å². The number of aromatic nitrogens is 1. The number of ether oxygens (including phenoxy) is 2. The number of hydrogen-bond acceptors (Lipinski definition) is 4. The number of nitrogens with zero attached hydrogens (tertiary/aromatic N) is 2. The Bertz CT molecular complexity index is 1150. The Balaban J connectivity index is 1.59. The van der Waals surface area contributed by atoms with Crippen LogP contribution in [0.1, 0.15) is 28.8 Å². The van der Waals surface area contributed by atoms with E-state index < -0.39 is 0 Å². The average molecular weight is 421 g/mol. The first-order valence-corrected chi connectivity index (χ1v) is 10.6. The minimum Gasteiger partial charge on any atom is -0.493 e. The highest BCUT2D eigenvalue weighted by Gasteiger charge is 2.26. The van der Waals surface area contributed by atoms with Crippen LogP contribution in [-0.4, -0.2) is 42.7 Å². The van der Waals surface area contributed by atoms with Gasteiger partial charge in [0.05, 0.1) is 25.2 Å². The molecule has 1 aromatic heterocycles. The lowest BCUT2D eigenvalue weighted by molar-refractivity contribution is 0.0691. The molecule has 0 atom stereocenters. The van der Waals surface area contributed by atoms with E-state index >= 15 is 0 Å². The Hall–Kier alpha value is -3.28. The molecule has 0 aliphatic carbocycles. The molecule has 6 nitrogen and oxygen atoms in total. The molecule has 0 N–H and O–H groups in total. The van der Waals surface area contributed by atoms with Crippen LogP contribution in [0.25, 0.3) is 10.8 Å². The minimum absolute atomic E-state index is 0.0500. The maximum Gasteiger partial charge on any atom is 0.258 e. The number of pyridine rings is 1. The fourth-order valence-corrected chi connectivity index (χ4v) is 4.42. The number of carbonyl (C=O) groups is 1. The van der Waals surface area contributed by atoms with E-state index in [9.17, 15) is 9.59 Å². The average Bonchev–Trinajstić information content (AvgIpc) is 2.81. The summed E-state index contributed by atoms with van der Waals surface area (Å²) in [6, 6.07) is 13.9. The van der Waals surface area contributed by atoms with E-state index in [1.54, 1.807) is 32.5 Å². The van der Waals surface area contributed by atoms with Crippen molar-refractivity contribution in [3.8, 4) is 11.5 Å². The lowest BCUT2D eigenvalue weighted by atomic mass is 9.90. The molecule has 162 valence electrons. The maximum absolute atomic E-state index is 13.4. The van der Waals surface area contributed by atoms with Crippen molar-refractivity contribution in [2.24, 2.45) is 13.0 Å². The smallest absolute Gasteiger partial charge is 0.258 e. The molecule has 2 heterocycles. The molecule has 1 saturated heterocycles. The van der Waals surface area contributed by atoms with Crippen molar-refractivity contribution in [1.82, 2.24) is 9.47 Å². The number of benzene rings is 2. The topological polar surface area (TPSA) is 60.8 Å². The lowest BCUT2D eigenvalue weighted by Gasteiger charge is -2.32. The van der Waals surface area contributed by atoms with Gasteiger partial charge in [-0.2, -0.15) is 0 Å². The number of piperidine rings is 1. The molecule has 0 saturated carbocycles. The lowest BCUT2D eigenvalue weighted by Crippen LogP contribution is -2.39. The number of rotatable bonds is 5. The van der Waals surface area contributed by atoms with E-state index in [0.29, 0.717) is 46.8 Å². The molecule has 0 spiro atoms. The van der Waals surface area contributed by atoms with E-state index in [-0.39, 0.29) is 11.5 Å². The number of amides is 1. The first-order chi connectivity index (χ1) is 15.0. The molecule has 0 radical (unpaired) electrons. The standard InChI is InChI=1S/C25H28N2O4/c1-26-16-21(19-14-22(30-2)23(31-3)15-20(19)24(26)28)25(29)27-11-9-18(10-12-27)13-17-7-5-4-6-8-17/h4-8,14-16,18H,9-13H2,1-3H3. The van der Waals surface area contributed by atoms with E-state index in [2.05, 4.69) is 24.3 Å². The van der Waals surface area contributed by atoms with Gasteiger partial charge in [0.15, 0.2) is 11.5 Å². The van der Waals surface area contributed by atoms with E-state index in [1.807, 2.05) is 11.0 Å². The molecule has 6 heteroatoms. The second kappa shape index (κ2) is 8.84. The Labute approximate surface area is 182 Å². The molecule has 31 heavy (non-hydrogen) atoms. The summed E-state index contributed by atoms with van der Waals surface area (Å²) >= 11 is 0. The number of aryl methyl sites for hydroxylation is 1. The third-order valence-electron chi connectivity index (χ3n) is 6.19. The summed E-state index contributed by atoms with van der Waals surface area (Å²) in [5, 5.41) is 1.04. The third-order valence-corrected chi connectivity index (χ3v) is 6.19. The molecule has 1 amide bonds. The van der Waals surface area contributed by atoms with Gasteiger partial charge in [-0.3, -0.25) is 9.59 Å². The minimum atomic E-state index is -0.172. The summed E-state index contributed by atoms with van der Waals surface area (Å²) in [6.45, 7) is 1.43. The van der Waals surface area contributed by atoms with Crippen LogP contribution in [0.15, 0.2) is 53.5 Å². The van der Waals surface area contributed by atoms with Gasteiger partial charge < -0.3 is 18.9 Å².